The minimum absolute atomic E-state index is 0.442. The van der Waals surface area contributed by atoms with Crippen LogP contribution >= 0.6 is 0 Å². The highest BCUT2D eigenvalue weighted by Gasteiger charge is 2.19. The van der Waals surface area contributed by atoms with Gasteiger partial charge in [-0.1, -0.05) is 57.9 Å². The topological polar surface area (TPSA) is 0 Å². The Morgan fingerprint density at radius 3 is 1.62 bits per heavy atom. The molecule has 0 nitrogen and oxygen atoms in total. The van der Waals surface area contributed by atoms with Crippen LogP contribution in [0.3, 0.4) is 0 Å². The Hall–Kier alpha value is -0.260. The van der Waals surface area contributed by atoms with E-state index in [0.29, 0.717) is 5.41 Å². The molecule has 0 amide bonds. The molecule has 0 radical (unpaired) electrons. The zero-order valence-electron chi connectivity index (χ0n) is 9.15. The zero-order chi connectivity index (χ0) is 9.57. The van der Waals surface area contributed by atoms with Crippen LogP contribution in [0.5, 0.6) is 0 Å². The monoisotopic (exact) mass is 180 g/mol. The Kier molecular flexibility index (Phi) is 4.55. The molecule has 0 atom stereocenters. The molecular formula is C13H24. The van der Waals surface area contributed by atoms with Crippen LogP contribution in [0.15, 0.2) is 12.7 Å². The molecule has 0 unspecified atom stereocenters. The van der Waals surface area contributed by atoms with Crippen molar-refractivity contribution in [2.45, 2.75) is 64.7 Å². The second-order valence-corrected chi connectivity index (χ2v) is 4.83. The van der Waals surface area contributed by atoms with Gasteiger partial charge in [0.25, 0.3) is 0 Å². The van der Waals surface area contributed by atoms with Gasteiger partial charge in [0.05, 0.1) is 0 Å². The largest absolute Gasteiger partial charge is 0.103 e. The molecular weight excluding hydrogens is 156 g/mol. The van der Waals surface area contributed by atoms with Crippen molar-refractivity contribution < 1.29 is 0 Å². The van der Waals surface area contributed by atoms with E-state index in [4.69, 9.17) is 0 Å². The first-order chi connectivity index (χ1) is 6.27. The fourth-order valence-corrected chi connectivity index (χ4v) is 2.27. The second kappa shape index (κ2) is 5.47. The molecule has 0 aromatic carbocycles. The van der Waals surface area contributed by atoms with Gasteiger partial charge in [-0.15, -0.1) is 6.58 Å². The summed E-state index contributed by atoms with van der Waals surface area (Å²) in [5.41, 5.74) is 0.442. The zero-order valence-corrected chi connectivity index (χ0v) is 9.15. The predicted molar refractivity (Wildman–Crippen MR) is 59.9 cm³/mol. The molecule has 13 heavy (non-hydrogen) atoms. The average molecular weight is 180 g/mol. The average Bonchev–Trinajstić information content (AvgIpc) is 2.16. The van der Waals surface area contributed by atoms with E-state index in [1.165, 1.54) is 57.8 Å². The molecule has 0 aliphatic heterocycles. The van der Waals surface area contributed by atoms with E-state index in [9.17, 15) is 0 Å². The molecule has 0 aromatic heterocycles. The molecule has 0 heterocycles. The molecule has 1 rings (SSSR count). The Bertz CT molecular complexity index is 136. The maximum atomic E-state index is 3.98. The predicted octanol–water partition coefficient (Wildman–Crippen LogP) is 4.70. The van der Waals surface area contributed by atoms with Crippen LogP contribution in [0.1, 0.15) is 64.7 Å². The summed E-state index contributed by atoms with van der Waals surface area (Å²) in [6, 6.07) is 0. The quantitative estimate of drug-likeness (QED) is 0.513. The highest BCUT2D eigenvalue weighted by atomic mass is 14.2. The van der Waals surface area contributed by atoms with E-state index >= 15 is 0 Å². The Morgan fingerprint density at radius 2 is 1.23 bits per heavy atom. The molecule has 0 spiro atoms. The van der Waals surface area contributed by atoms with E-state index in [2.05, 4.69) is 19.6 Å². The van der Waals surface area contributed by atoms with Crippen molar-refractivity contribution >= 4 is 0 Å². The number of hydrogen-bond donors (Lipinski definition) is 0. The lowest BCUT2D eigenvalue weighted by atomic mass is 9.79. The first-order valence-corrected chi connectivity index (χ1v) is 5.90. The molecule has 1 fully saturated rings. The van der Waals surface area contributed by atoms with Crippen LogP contribution < -0.4 is 0 Å². The van der Waals surface area contributed by atoms with Gasteiger partial charge < -0.3 is 0 Å². The Balaban J connectivity index is 2.39. The van der Waals surface area contributed by atoms with Crippen molar-refractivity contribution in [1.29, 1.82) is 0 Å². The molecule has 0 saturated heterocycles. The summed E-state index contributed by atoms with van der Waals surface area (Å²) in [7, 11) is 0. The maximum absolute atomic E-state index is 3.98. The van der Waals surface area contributed by atoms with Gasteiger partial charge >= 0.3 is 0 Å². The van der Waals surface area contributed by atoms with Gasteiger partial charge in [0, 0.05) is 0 Å². The van der Waals surface area contributed by atoms with Gasteiger partial charge in [-0.3, -0.25) is 0 Å². The SMILES string of the molecule is C=CC1(C)CCCCCCCCC1. The maximum Gasteiger partial charge on any atom is -0.0149 e. The van der Waals surface area contributed by atoms with Crippen LogP contribution in [0.4, 0.5) is 0 Å². The molecule has 0 aromatic rings. The molecule has 1 aliphatic rings. The Morgan fingerprint density at radius 1 is 0.846 bits per heavy atom. The molecule has 76 valence electrons. The van der Waals surface area contributed by atoms with Gasteiger partial charge in [0.15, 0.2) is 0 Å². The van der Waals surface area contributed by atoms with Crippen LogP contribution in [-0.4, -0.2) is 0 Å². The summed E-state index contributed by atoms with van der Waals surface area (Å²) in [4.78, 5) is 0. The molecule has 1 saturated carbocycles. The van der Waals surface area contributed by atoms with Crippen molar-refractivity contribution in [3.05, 3.63) is 12.7 Å². The van der Waals surface area contributed by atoms with E-state index in [0.717, 1.165) is 0 Å². The van der Waals surface area contributed by atoms with Gasteiger partial charge in [-0.05, 0) is 18.3 Å². The van der Waals surface area contributed by atoms with Gasteiger partial charge in [-0.2, -0.15) is 0 Å². The van der Waals surface area contributed by atoms with Crippen molar-refractivity contribution in [3.63, 3.8) is 0 Å². The highest BCUT2D eigenvalue weighted by Crippen LogP contribution is 2.33. The van der Waals surface area contributed by atoms with Crippen LogP contribution in [0.2, 0.25) is 0 Å². The molecule has 0 heteroatoms. The lowest BCUT2D eigenvalue weighted by Gasteiger charge is -2.26. The van der Waals surface area contributed by atoms with E-state index in [1.807, 2.05) is 0 Å². The van der Waals surface area contributed by atoms with Gasteiger partial charge in [0.1, 0.15) is 0 Å². The van der Waals surface area contributed by atoms with Crippen molar-refractivity contribution in [3.8, 4) is 0 Å². The number of rotatable bonds is 1. The van der Waals surface area contributed by atoms with Gasteiger partial charge in [0.2, 0.25) is 0 Å². The third kappa shape index (κ3) is 3.97. The van der Waals surface area contributed by atoms with Crippen molar-refractivity contribution in [1.82, 2.24) is 0 Å². The normalized spacial score (nSPS) is 25.0. The smallest absolute Gasteiger partial charge is 0.0149 e. The lowest BCUT2D eigenvalue weighted by molar-refractivity contribution is 0.319. The van der Waals surface area contributed by atoms with Crippen molar-refractivity contribution in [2.75, 3.05) is 0 Å². The van der Waals surface area contributed by atoms with E-state index in [-0.39, 0.29) is 0 Å². The lowest BCUT2D eigenvalue weighted by Crippen LogP contribution is -2.13. The Labute approximate surface area is 83.4 Å². The standard InChI is InChI=1S/C13H24/c1-3-13(2)11-9-7-5-4-6-8-10-12-13/h3H,1,4-12H2,2H3. The summed E-state index contributed by atoms with van der Waals surface area (Å²) in [6.07, 6.45) is 14.9. The minimum Gasteiger partial charge on any atom is -0.103 e. The van der Waals surface area contributed by atoms with Crippen molar-refractivity contribution in [2.24, 2.45) is 5.41 Å². The minimum atomic E-state index is 0.442. The third-order valence-electron chi connectivity index (χ3n) is 3.49. The number of hydrogen-bond acceptors (Lipinski definition) is 0. The van der Waals surface area contributed by atoms with Crippen LogP contribution in [0.25, 0.3) is 0 Å². The van der Waals surface area contributed by atoms with Gasteiger partial charge in [-0.25, -0.2) is 0 Å². The fraction of sp³-hybridized carbons (Fsp3) is 0.846. The molecule has 0 N–H and O–H groups in total. The molecule has 1 aliphatic carbocycles. The third-order valence-corrected chi connectivity index (χ3v) is 3.49. The fourth-order valence-electron chi connectivity index (χ4n) is 2.27. The van der Waals surface area contributed by atoms with E-state index < -0.39 is 0 Å². The van der Waals surface area contributed by atoms with Crippen LogP contribution in [-0.2, 0) is 0 Å². The first kappa shape index (κ1) is 10.8. The summed E-state index contributed by atoms with van der Waals surface area (Å²) in [6.45, 7) is 6.36. The van der Waals surface area contributed by atoms with Crippen LogP contribution in [0, 0.1) is 5.41 Å². The number of allylic oxidation sites excluding steroid dienone is 1. The molecule has 0 bridgehead atoms. The highest BCUT2D eigenvalue weighted by molar-refractivity contribution is 4.91. The van der Waals surface area contributed by atoms with E-state index in [1.54, 1.807) is 0 Å². The first-order valence-electron chi connectivity index (χ1n) is 5.90. The summed E-state index contributed by atoms with van der Waals surface area (Å²) in [5.74, 6) is 0. The summed E-state index contributed by atoms with van der Waals surface area (Å²) >= 11 is 0. The second-order valence-electron chi connectivity index (χ2n) is 4.83. The summed E-state index contributed by atoms with van der Waals surface area (Å²) in [5, 5.41) is 0. The summed E-state index contributed by atoms with van der Waals surface area (Å²) < 4.78 is 0.